The minimum atomic E-state index is -0.307. The van der Waals surface area contributed by atoms with Gasteiger partial charge in [-0.25, -0.2) is 0 Å². The molecule has 0 radical (unpaired) electrons. The van der Waals surface area contributed by atoms with E-state index in [1.54, 1.807) is 24.3 Å². The monoisotopic (exact) mass is 571 g/mol. The minimum absolute atomic E-state index is 0.148. The van der Waals surface area contributed by atoms with Crippen LogP contribution >= 0.6 is 46.4 Å². The molecule has 0 fully saturated rings. The van der Waals surface area contributed by atoms with E-state index >= 15 is 0 Å². The van der Waals surface area contributed by atoms with E-state index in [-0.39, 0.29) is 54.7 Å². The van der Waals surface area contributed by atoms with Crippen LogP contribution < -0.4 is 30.6 Å². The first-order valence-electron chi connectivity index (χ1n) is 11.0. The molecule has 0 aliphatic carbocycles. The lowest BCUT2D eigenvalue weighted by Gasteiger charge is -2.19. The zero-order valence-electron chi connectivity index (χ0n) is 19.8. The number of ether oxygens (including phenoxy) is 3. The fraction of sp³-hybridized carbons (Fsp3) is 0.240. The summed E-state index contributed by atoms with van der Waals surface area (Å²) >= 11 is 25.7. The Hall–Kier alpha value is -2.71. The lowest BCUT2D eigenvalue weighted by molar-refractivity contribution is -0.114. The van der Waals surface area contributed by atoms with Gasteiger partial charge in [0.05, 0.1) is 27.9 Å². The van der Waals surface area contributed by atoms with Gasteiger partial charge in [-0.2, -0.15) is 0 Å². The van der Waals surface area contributed by atoms with Crippen LogP contribution in [0.5, 0.6) is 28.7 Å². The van der Waals surface area contributed by atoms with Crippen molar-refractivity contribution in [1.82, 2.24) is 0 Å². The average Bonchev–Trinajstić information content (AvgIpc) is 2.80. The normalized spacial score (nSPS) is 10.6. The standard InChI is InChI=1S/C25H25Cl4N3O4/c1-4-5-8-31-19-7-6-16(26)24(22(19)29)36-21-12-15(32-13(2)33)11-20(25(21)34-3)35-23-17(27)9-14(30)10-18(23)28/h6-7,9-12,31H,4-5,8,30H2,1-3H3,(H,32,33). The highest BCUT2D eigenvalue weighted by Crippen LogP contribution is 2.49. The van der Waals surface area contributed by atoms with Crippen molar-refractivity contribution >= 4 is 69.4 Å². The molecule has 0 aromatic heterocycles. The lowest BCUT2D eigenvalue weighted by atomic mass is 10.2. The third kappa shape index (κ3) is 6.73. The molecule has 0 aliphatic heterocycles. The molecule has 3 aromatic carbocycles. The summed E-state index contributed by atoms with van der Waals surface area (Å²) in [6.07, 6.45) is 2.00. The number of hydrogen-bond donors (Lipinski definition) is 3. The van der Waals surface area contributed by atoms with Gasteiger partial charge in [0, 0.05) is 37.0 Å². The quantitative estimate of drug-likeness (QED) is 0.166. The number of methoxy groups -OCH3 is 1. The molecular weight excluding hydrogens is 548 g/mol. The molecule has 0 bridgehead atoms. The summed E-state index contributed by atoms with van der Waals surface area (Å²) < 4.78 is 17.8. The second kappa shape index (κ2) is 12.5. The molecular formula is C25H25Cl4N3O4. The number of nitrogen functional groups attached to an aromatic ring is 1. The first-order chi connectivity index (χ1) is 17.1. The van der Waals surface area contributed by atoms with Gasteiger partial charge in [0.2, 0.25) is 11.7 Å². The van der Waals surface area contributed by atoms with E-state index in [1.165, 1.54) is 26.2 Å². The van der Waals surface area contributed by atoms with E-state index in [1.807, 2.05) is 0 Å². The van der Waals surface area contributed by atoms with Crippen molar-refractivity contribution in [1.29, 1.82) is 0 Å². The Kier molecular flexibility index (Phi) is 9.68. The van der Waals surface area contributed by atoms with Crippen molar-refractivity contribution in [3.8, 4) is 28.7 Å². The van der Waals surface area contributed by atoms with Crippen LogP contribution in [0.4, 0.5) is 17.1 Å². The molecule has 1 amide bonds. The molecule has 0 unspecified atom stereocenters. The van der Waals surface area contributed by atoms with E-state index in [0.29, 0.717) is 17.1 Å². The van der Waals surface area contributed by atoms with Crippen molar-refractivity contribution in [3.05, 3.63) is 56.5 Å². The average molecular weight is 573 g/mol. The van der Waals surface area contributed by atoms with Crippen molar-refractivity contribution in [2.45, 2.75) is 26.7 Å². The highest BCUT2D eigenvalue weighted by atomic mass is 35.5. The Morgan fingerprint density at radius 3 is 2.08 bits per heavy atom. The molecule has 3 aromatic rings. The van der Waals surface area contributed by atoms with Crippen LogP contribution in [-0.4, -0.2) is 19.6 Å². The minimum Gasteiger partial charge on any atom is -0.490 e. The highest BCUT2D eigenvalue weighted by molar-refractivity contribution is 6.39. The molecule has 192 valence electrons. The number of hydrogen-bond acceptors (Lipinski definition) is 6. The van der Waals surface area contributed by atoms with Crippen molar-refractivity contribution in [2.75, 3.05) is 30.0 Å². The largest absolute Gasteiger partial charge is 0.490 e. The zero-order valence-corrected chi connectivity index (χ0v) is 22.8. The third-order valence-corrected chi connectivity index (χ3v) is 6.12. The van der Waals surface area contributed by atoms with Gasteiger partial charge in [-0.1, -0.05) is 59.7 Å². The van der Waals surface area contributed by atoms with E-state index in [9.17, 15) is 4.79 Å². The molecule has 0 aliphatic rings. The Labute approximate surface area is 229 Å². The summed E-state index contributed by atoms with van der Waals surface area (Å²) in [7, 11) is 1.44. The molecule has 0 atom stereocenters. The van der Waals surface area contributed by atoms with Crippen LogP contribution in [0.25, 0.3) is 0 Å². The van der Waals surface area contributed by atoms with Gasteiger partial charge in [-0.05, 0) is 30.7 Å². The Morgan fingerprint density at radius 1 is 0.917 bits per heavy atom. The molecule has 0 saturated carbocycles. The van der Waals surface area contributed by atoms with E-state index in [4.69, 9.17) is 66.3 Å². The first kappa shape index (κ1) is 27.9. The van der Waals surface area contributed by atoms with Gasteiger partial charge in [0.15, 0.2) is 23.0 Å². The van der Waals surface area contributed by atoms with Crippen LogP contribution in [0.3, 0.4) is 0 Å². The molecule has 36 heavy (non-hydrogen) atoms. The number of carbonyl (C=O) groups excluding carboxylic acids is 1. The number of carbonyl (C=O) groups is 1. The predicted molar refractivity (Wildman–Crippen MR) is 148 cm³/mol. The first-order valence-corrected chi connectivity index (χ1v) is 12.5. The molecule has 0 heterocycles. The second-order valence-corrected chi connectivity index (χ2v) is 9.32. The summed E-state index contributed by atoms with van der Waals surface area (Å²) in [4.78, 5) is 11.8. The molecule has 3 rings (SSSR count). The zero-order chi connectivity index (χ0) is 26.4. The van der Waals surface area contributed by atoms with E-state index < -0.39 is 0 Å². The van der Waals surface area contributed by atoms with E-state index in [0.717, 1.165) is 19.4 Å². The highest BCUT2D eigenvalue weighted by Gasteiger charge is 2.22. The summed E-state index contributed by atoms with van der Waals surface area (Å²) in [5, 5.41) is 6.91. The summed E-state index contributed by atoms with van der Waals surface area (Å²) in [6, 6.07) is 9.55. The molecule has 4 N–H and O–H groups in total. The molecule has 11 heteroatoms. The fourth-order valence-electron chi connectivity index (χ4n) is 3.26. The number of benzene rings is 3. The third-order valence-electron chi connectivity index (χ3n) is 4.88. The summed E-state index contributed by atoms with van der Waals surface area (Å²) in [6.45, 7) is 4.20. The van der Waals surface area contributed by atoms with E-state index in [2.05, 4.69) is 17.6 Å². The predicted octanol–water partition coefficient (Wildman–Crippen LogP) is 8.65. The maximum Gasteiger partial charge on any atom is 0.221 e. The van der Waals surface area contributed by atoms with Crippen molar-refractivity contribution < 1.29 is 19.0 Å². The summed E-state index contributed by atoms with van der Waals surface area (Å²) in [5.41, 5.74) is 7.20. The van der Waals surface area contributed by atoms with Crippen molar-refractivity contribution in [2.24, 2.45) is 0 Å². The SMILES string of the molecule is CCCCNc1ccc(Cl)c(Oc2cc(NC(C)=O)cc(Oc3c(Cl)cc(N)cc3Cl)c2OC)c1Cl. The van der Waals surface area contributed by atoms with Crippen LogP contribution in [0.2, 0.25) is 20.1 Å². The Morgan fingerprint density at radius 2 is 1.53 bits per heavy atom. The van der Waals surface area contributed by atoms with Crippen molar-refractivity contribution in [3.63, 3.8) is 0 Å². The lowest BCUT2D eigenvalue weighted by Crippen LogP contribution is -2.07. The van der Waals surface area contributed by atoms with Gasteiger partial charge in [-0.3, -0.25) is 4.79 Å². The number of nitrogens with two attached hydrogens (primary N) is 1. The molecule has 7 nitrogen and oxygen atoms in total. The molecule has 0 saturated heterocycles. The Balaban J connectivity index is 2.09. The maximum absolute atomic E-state index is 11.8. The van der Waals surface area contributed by atoms with Gasteiger partial charge in [0.25, 0.3) is 0 Å². The van der Waals surface area contributed by atoms with Gasteiger partial charge >= 0.3 is 0 Å². The fourth-order valence-corrected chi connectivity index (χ4v) is 4.36. The molecule has 0 spiro atoms. The number of nitrogens with one attached hydrogen (secondary N) is 2. The number of amides is 1. The number of rotatable bonds is 10. The second-order valence-electron chi connectivity index (χ2n) is 7.72. The van der Waals surface area contributed by atoms with Gasteiger partial charge < -0.3 is 30.6 Å². The smallest absolute Gasteiger partial charge is 0.221 e. The Bertz CT molecular complexity index is 1250. The van der Waals surface area contributed by atoms with Crippen LogP contribution in [0.1, 0.15) is 26.7 Å². The number of halogens is 4. The van der Waals surface area contributed by atoms with Gasteiger partial charge in [-0.15, -0.1) is 0 Å². The maximum atomic E-state index is 11.8. The van der Waals surface area contributed by atoms with Crippen LogP contribution in [0.15, 0.2) is 36.4 Å². The van der Waals surface area contributed by atoms with Crippen LogP contribution in [-0.2, 0) is 4.79 Å². The van der Waals surface area contributed by atoms with Crippen LogP contribution in [0, 0.1) is 0 Å². The number of anilines is 3. The topological polar surface area (TPSA) is 94.8 Å². The summed E-state index contributed by atoms with van der Waals surface area (Å²) in [5.74, 6) is 0.568. The number of unbranched alkanes of at least 4 members (excludes halogenated alkanes) is 1. The van der Waals surface area contributed by atoms with Gasteiger partial charge in [0.1, 0.15) is 5.02 Å².